The van der Waals surface area contributed by atoms with Crippen LogP contribution < -0.4 is 10.2 Å². The molecule has 5 heteroatoms. The molecule has 2 amide bonds. The van der Waals surface area contributed by atoms with Gasteiger partial charge in [0.25, 0.3) is 0 Å². The molecule has 1 N–H and O–H groups in total. The van der Waals surface area contributed by atoms with E-state index in [9.17, 15) is 9.59 Å². The van der Waals surface area contributed by atoms with Crippen LogP contribution >= 0.6 is 0 Å². The van der Waals surface area contributed by atoms with Gasteiger partial charge < -0.3 is 5.32 Å². The average Bonchev–Trinajstić information content (AvgIpc) is 2.22. The zero-order valence-corrected chi connectivity index (χ0v) is 8.36. The second-order valence-electron chi connectivity index (χ2n) is 3.48. The van der Waals surface area contributed by atoms with Gasteiger partial charge in [-0.05, 0) is 18.6 Å². The summed E-state index contributed by atoms with van der Waals surface area (Å²) in [6.45, 7) is 2.03. The standard InChI is InChI=1S/C10H11N3O2/c1-7-2-8(4-11-3-7)13-6-9(14)12-5-10(13)15/h2-4H,5-6H2,1H3,(H,12,14). The predicted octanol–water partition coefficient (Wildman–Crippen LogP) is -0.147. The van der Waals surface area contributed by atoms with Gasteiger partial charge in [0, 0.05) is 6.20 Å². The summed E-state index contributed by atoms with van der Waals surface area (Å²) in [6, 6.07) is 1.84. The molecule has 1 aromatic rings. The molecule has 1 aliphatic heterocycles. The highest BCUT2D eigenvalue weighted by Crippen LogP contribution is 2.15. The third kappa shape index (κ3) is 1.96. The summed E-state index contributed by atoms with van der Waals surface area (Å²) in [5, 5.41) is 2.50. The summed E-state index contributed by atoms with van der Waals surface area (Å²) in [7, 11) is 0. The Labute approximate surface area is 87.1 Å². The van der Waals surface area contributed by atoms with Crippen LogP contribution in [0.4, 0.5) is 5.69 Å². The average molecular weight is 205 g/mol. The highest BCUT2D eigenvalue weighted by Gasteiger charge is 2.24. The Bertz CT molecular complexity index is 417. The van der Waals surface area contributed by atoms with E-state index in [2.05, 4.69) is 10.3 Å². The summed E-state index contributed by atoms with van der Waals surface area (Å²) >= 11 is 0. The van der Waals surface area contributed by atoms with Crippen LogP contribution in [0.1, 0.15) is 5.56 Å². The highest BCUT2D eigenvalue weighted by molar-refractivity contribution is 6.04. The molecule has 15 heavy (non-hydrogen) atoms. The number of hydrogen-bond acceptors (Lipinski definition) is 3. The Kier molecular flexibility index (Phi) is 2.37. The fraction of sp³-hybridized carbons (Fsp3) is 0.300. The Morgan fingerprint density at radius 3 is 2.93 bits per heavy atom. The Morgan fingerprint density at radius 2 is 2.20 bits per heavy atom. The van der Waals surface area contributed by atoms with Crippen LogP contribution in [0.25, 0.3) is 0 Å². The normalized spacial score (nSPS) is 16.5. The molecule has 1 aliphatic rings. The molecule has 2 heterocycles. The van der Waals surface area contributed by atoms with Gasteiger partial charge in [0.05, 0.1) is 18.4 Å². The molecule has 2 rings (SSSR count). The minimum absolute atomic E-state index is 0.0623. The SMILES string of the molecule is Cc1cncc(N2CC(=O)NCC2=O)c1. The second-order valence-corrected chi connectivity index (χ2v) is 3.48. The molecule has 0 atom stereocenters. The first kappa shape index (κ1) is 9.64. The van der Waals surface area contributed by atoms with Crippen molar-refractivity contribution in [1.82, 2.24) is 10.3 Å². The lowest BCUT2D eigenvalue weighted by atomic mass is 10.2. The Hall–Kier alpha value is -1.91. The predicted molar refractivity (Wildman–Crippen MR) is 54.3 cm³/mol. The minimum Gasteiger partial charge on any atom is -0.345 e. The number of piperazine rings is 1. The lowest BCUT2D eigenvalue weighted by Crippen LogP contribution is -2.51. The van der Waals surface area contributed by atoms with Crippen LogP contribution in [0.3, 0.4) is 0 Å². The fourth-order valence-electron chi connectivity index (χ4n) is 1.48. The van der Waals surface area contributed by atoms with Gasteiger partial charge >= 0.3 is 0 Å². The van der Waals surface area contributed by atoms with E-state index in [-0.39, 0.29) is 24.9 Å². The summed E-state index contributed by atoms with van der Waals surface area (Å²) in [6.07, 6.45) is 3.29. The van der Waals surface area contributed by atoms with Crippen molar-refractivity contribution in [3.8, 4) is 0 Å². The molecule has 0 radical (unpaired) electrons. The molecule has 78 valence electrons. The van der Waals surface area contributed by atoms with Crippen molar-refractivity contribution < 1.29 is 9.59 Å². The molecular weight excluding hydrogens is 194 g/mol. The summed E-state index contributed by atoms with van der Waals surface area (Å²) in [5.41, 5.74) is 1.64. The van der Waals surface area contributed by atoms with Crippen LogP contribution in [0.5, 0.6) is 0 Å². The molecule has 0 bridgehead atoms. The van der Waals surface area contributed by atoms with Crippen molar-refractivity contribution in [2.24, 2.45) is 0 Å². The van der Waals surface area contributed by atoms with Gasteiger partial charge in [-0.3, -0.25) is 19.5 Å². The van der Waals surface area contributed by atoms with Crippen molar-refractivity contribution >= 4 is 17.5 Å². The lowest BCUT2D eigenvalue weighted by Gasteiger charge is -2.26. The van der Waals surface area contributed by atoms with E-state index < -0.39 is 0 Å². The van der Waals surface area contributed by atoms with Crippen LogP contribution in [0, 0.1) is 6.92 Å². The largest absolute Gasteiger partial charge is 0.345 e. The van der Waals surface area contributed by atoms with Crippen LogP contribution in [0.2, 0.25) is 0 Å². The number of carbonyl (C=O) groups is 2. The maximum absolute atomic E-state index is 11.5. The third-order valence-corrected chi connectivity index (χ3v) is 2.21. The highest BCUT2D eigenvalue weighted by atomic mass is 16.2. The summed E-state index contributed by atoms with van der Waals surface area (Å²) in [4.78, 5) is 28.1. The molecule has 1 aromatic heterocycles. The van der Waals surface area contributed by atoms with Crippen LogP contribution in [0.15, 0.2) is 18.5 Å². The van der Waals surface area contributed by atoms with Crippen molar-refractivity contribution in [3.05, 3.63) is 24.0 Å². The first-order valence-corrected chi connectivity index (χ1v) is 4.65. The number of hydrogen-bond donors (Lipinski definition) is 1. The van der Waals surface area contributed by atoms with Gasteiger partial charge in [-0.15, -0.1) is 0 Å². The minimum atomic E-state index is -0.142. The summed E-state index contributed by atoms with van der Waals surface area (Å²) < 4.78 is 0. The number of nitrogens with zero attached hydrogens (tertiary/aromatic N) is 2. The number of carbonyl (C=O) groups excluding carboxylic acids is 2. The third-order valence-electron chi connectivity index (χ3n) is 2.21. The van der Waals surface area contributed by atoms with E-state index in [1.165, 1.54) is 4.90 Å². The molecule has 0 saturated carbocycles. The first-order valence-electron chi connectivity index (χ1n) is 4.65. The Balaban J connectivity index is 2.28. The topological polar surface area (TPSA) is 62.3 Å². The number of aryl methyl sites for hydroxylation is 1. The van der Waals surface area contributed by atoms with Gasteiger partial charge in [-0.2, -0.15) is 0 Å². The number of anilines is 1. The smallest absolute Gasteiger partial charge is 0.246 e. The molecule has 0 unspecified atom stereocenters. The number of nitrogens with one attached hydrogen (secondary N) is 1. The molecule has 1 fully saturated rings. The van der Waals surface area contributed by atoms with E-state index in [4.69, 9.17) is 0 Å². The first-order chi connectivity index (χ1) is 7.16. The zero-order valence-electron chi connectivity index (χ0n) is 8.36. The van der Waals surface area contributed by atoms with Crippen LogP contribution in [-0.2, 0) is 9.59 Å². The lowest BCUT2D eigenvalue weighted by molar-refractivity contribution is -0.128. The van der Waals surface area contributed by atoms with Gasteiger partial charge in [0.15, 0.2) is 0 Å². The van der Waals surface area contributed by atoms with Gasteiger partial charge in [0.1, 0.15) is 6.54 Å². The van der Waals surface area contributed by atoms with Gasteiger partial charge in [-0.25, -0.2) is 0 Å². The van der Waals surface area contributed by atoms with E-state index in [0.29, 0.717) is 5.69 Å². The molecule has 5 nitrogen and oxygen atoms in total. The second kappa shape index (κ2) is 3.68. The molecular formula is C10H11N3O2. The zero-order chi connectivity index (χ0) is 10.8. The van der Waals surface area contributed by atoms with Crippen LogP contribution in [-0.4, -0.2) is 29.9 Å². The monoisotopic (exact) mass is 205 g/mol. The van der Waals surface area contributed by atoms with Gasteiger partial charge in [0.2, 0.25) is 11.8 Å². The number of pyridine rings is 1. The van der Waals surface area contributed by atoms with Crippen molar-refractivity contribution in [1.29, 1.82) is 0 Å². The maximum atomic E-state index is 11.5. The molecule has 0 aromatic carbocycles. The van der Waals surface area contributed by atoms with E-state index in [1.54, 1.807) is 12.4 Å². The Morgan fingerprint density at radius 1 is 1.40 bits per heavy atom. The maximum Gasteiger partial charge on any atom is 0.246 e. The van der Waals surface area contributed by atoms with E-state index >= 15 is 0 Å². The van der Waals surface area contributed by atoms with Gasteiger partial charge in [-0.1, -0.05) is 0 Å². The number of aromatic nitrogens is 1. The number of rotatable bonds is 1. The number of amides is 2. The molecule has 0 spiro atoms. The molecule has 0 aliphatic carbocycles. The van der Waals surface area contributed by atoms with Crippen molar-refractivity contribution in [2.45, 2.75) is 6.92 Å². The molecule has 1 saturated heterocycles. The van der Waals surface area contributed by atoms with E-state index in [0.717, 1.165) is 5.56 Å². The quantitative estimate of drug-likeness (QED) is 0.693. The fourth-order valence-corrected chi connectivity index (χ4v) is 1.48. The van der Waals surface area contributed by atoms with Crippen molar-refractivity contribution in [3.63, 3.8) is 0 Å². The summed E-state index contributed by atoms with van der Waals surface area (Å²) in [5.74, 6) is -0.252. The van der Waals surface area contributed by atoms with E-state index in [1.807, 2.05) is 13.0 Å². The van der Waals surface area contributed by atoms with Crippen molar-refractivity contribution in [2.75, 3.05) is 18.0 Å².